The van der Waals surface area contributed by atoms with Gasteiger partial charge in [-0.25, -0.2) is 9.59 Å². The van der Waals surface area contributed by atoms with Gasteiger partial charge in [0.05, 0.1) is 15.1 Å². The molecule has 0 aliphatic heterocycles. The normalized spacial score (nSPS) is 9.27. The summed E-state index contributed by atoms with van der Waals surface area (Å²) in [6.07, 6.45) is 2.86. The summed E-state index contributed by atoms with van der Waals surface area (Å²) in [4.78, 5) is 27.2. The highest BCUT2D eigenvalue weighted by Gasteiger charge is 2.09. The van der Waals surface area contributed by atoms with Crippen LogP contribution in [0.3, 0.4) is 0 Å². The molecule has 1 rings (SSSR count). The molecule has 0 fully saturated rings. The molecule has 0 saturated carbocycles. The molecule has 0 aliphatic rings. The third-order valence-corrected chi connectivity index (χ3v) is 2.58. The van der Waals surface area contributed by atoms with Crippen molar-refractivity contribution in [3.05, 3.63) is 23.8 Å². The van der Waals surface area contributed by atoms with Gasteiger partial charge in [-0.2, -0.15) is 9.98 Å². The second-order valence-corrected chi connectivity index (χ2v) is 5.51. The van der Waals surface area contributed by atoms with Crippen molar-refractivity contribution in [3.63, 3.8) is 0 Å². The first-order chi connectivity index (χ1) is 7.19. The smallest absolute Gasteiger partial charge is 0.211 e. The van der Waals surface area contributed by atoms with E-state index >= 15 is 0 Å². The van der Waals surface area contributed by atoms with Gasteiger partial charge in [-0.1, -0.05) is 37.9 Å². The van der Waals surface area contributed by atoms with Gasteiger partial charge in [-0.05, 0) is 12.1 Å². The van der Waals surface area contributed by atoms with E-state index in [2.05, 4.69) is 41.8 Å². The van der Waals surface area contributed by atoms with Gasteiger partial charge in [0, 0.05) is 5.56 Å². The molecule has 1 aromatic rings. The second kappa shape index (κ2) is 5.73. The van der Waals surface area contributed by atoms with E-state index in [1.165, 1.54) is 18.2 Å². The van der Waals surface area contributed by atoms with Crippen LogP contribution in [0.4, 0.5) is 11.4 Å². The first-order valence-electron chi connectivity index (χ1n) is 3.77. The van der Waals surface area contributed by atoms with Gasteiger partial charge >= 0.3 is 0 Å². The molecule has 0 aliphatic carbocycles. The number of benzene rings is 1. The van der Waals surface area contributed by atoms with Crippen molar-refractivity contribution >= 4 is 55.4 Å². The summed E-state index contributed by atoms with van der Waals surface area (Å²) in [5.41, 5.74) is 1.55. The summed E-state index contributed by atoms with van der Waals surface area (Å²) in [6, 6.07) is 4.82. The summed E-state index contributed by atoms with van der Waals surface area (Å²) in [5.74, 6) is 0. The molecule has 0 atom stereocenters. The van der Waals surface area contributed by atoms with Crippen LogP contribution >= 0.6 is 31.9 Å². The van der Waals surface area contributed by atoms with Crippen molar-refractivity contribution in [2.24, 2.45) is 9.98 Å². The maximum Gasteiger partial charge on any atom is 0.240 e. The maximum absolute atomic E-state index is 10.2. The van der Waals surface area contributed by atoms with E-state index < -0.39 is 0 Å². The molecular weight excluding hydrogens is 328 g/mol. The fourth-order valence-electron chi connectivity index (χ4n) is 0.985. The molecule has 0 amide bonds. The lowest BCUT2D eigenvalue weighted by molar-refractivity contribution is 0.565. The highest BCUT2D eigenvalue weighted by Crippen LogP contribution is 2.37. The Labute approximate surface area is 102 Å². The molecule has 6 heteroatoms. The summed E-state index contributed by atoms with van der Waals surface area (Å²) in [5, 5.41) is 0. The average Bonchev–Trinajstić information content (AvgIpc) is 2.18. The Morgan fingerprint density at radius 1 is 1.13 bits per heavy atom. The lowest BCUT2D eigenvalue weighted by Crippen LogP contribution is -1.81. The quantitative estimate of drug-likeness (QED) is 0.484. The fraction of sp³-hybridized carbons (Fsp3) is 0.111. The molecule has 15 heavy (non-hydrogen) atoms. The molecule has 0 saturated heterocycles. The van der Waals surface area contributed by atoms with Crippen molar-refractivity contribution in [1.82, 2.24) is 0 Å². The number of hydrogen-bond acceptors (Lipinski definition) is 4. The van der Waals surface area contributed by atoms with Crippen LogP contribution in [0, 0.1) is 0 Å². The van der Waals surface area contributed by atoms with Gasteiger partial charge in [0.1, 0.15) is 0 Å². The van der Waals surface area contributed by atoms with Crippen LogP contribution in [-0.4, -0.2) is 12.2 Å². The molecule has 76 valence electrons. The van der Waals surface area contributed by atoms with E-state index in [0.717, 1.165) is 5.56 Å². The largest absolute Gasteiger partial charge is 0.240 e. The van der Waals surface area contributed by atoms with Gasteiger partial charge in [-0.3, -0.25) is 0 Å². The van der Waals surface area contributed by atoms with Gasteiger partial charge in [0.15, 0.2) is 0 Å². The minimum atomic E-state index is -0.133. The predicted molar refractivity (Wildman–Crippen MR) is 62.6 cm³/mol. The first kappa shape index (κ1) is 12.0. The number of halogens is 2. The Hall–Kier alpha value is -1.06. The average molecular weight is 332 g/mol. The van der Waals surface area contributed by atoms with E-state index in [9.17, 15) is 9.59 Å². The fourth-order valence-corrected chi connectivity index (χ4v) is 1.76. The molecular formula is C9H4Br2N2O2. The van der Waals surface area contributed by atoms with E-state index in [1.807, 2.05) is 0 Å². The van der Waals surface area contributed by atoms with Gasteiger partial charge < -0.3 is 0 Å². The number of hydrogen-bond donors (Lipinski definition) is 0. The Morgan fingerprint density at radius 3 is 2.33 bits per heavy atom. The lowest BCUT2D eigenvalue weighted by Gasteiger charge is -2.05. The minimum Gasteiger partial charge on any atom is -0.211 e. The third kappa shape index (κ3) is 3.22. The first-order valence-corrected chi connectivity index (χ1v) is 5.60. The van der Waals surface area contributed by atoms with Crippen molar-refractivity contribution in [1.29, 1.82) is 0 Å². The van der Waals surface area contributed by atoms with Crippen LogP contribution < -0.4 is 0 Å². The van der Waals surface area contributed by atoms with Crippen LogP contribution in [0.2, 0.25) is 0 Å². The highest BCUT2D eigenvalue weighted by molar-refractivity contribution is 9.24. The molecule has 0 spiro atoms. The number of aliphatic imine (C=N–C) groups is 2. The maximum atomic E-state index is 10.2. The van der Waals surface area contributed by atoms with E-state index in [-0.39, 0.29) is 3.74 Å². The molecule has 0 heterocycles. The number of nitrogens with zero attached hydrogens (tertiary/aromatic N) is 2. The monoisotopic (exact) mass is 330 g/mol. The predicted octanol–water partition coefficient (Wildman–Crippen LogP) is 3.41. The third-order valence-electron chi connectivity index (χ3n) is 1.59. The molecule has 0 bridgehead atoms. The summed E-state index contributed by atoms with van der Waals surface area (Å²) < 4.78 is -0.133. The lowest BCUT2D eigenvalue weighted by atomic mass is 10.2. The van der Waals surface area contributed by atoms with E-state index in [0.29, 0.717) is 11.4 Å². The Balaban J connectivity index is 3.32. The van der Waals surface area contributed by atoms with E-state index in [4.69, 9.17) is 0 Å². The van der Waals surface area contributed by atoms with Crippen molar-refractivity contribution in [2.75, 3.05) is 0 Å². The SMILES string of the molecule is O=C=Nc1ccc(C(Br)Br)c(N=C=O)c1. The Kier molecular flexibility index (Phi) is 4.59. The number of isocyanates is 2. The van der Waals surface area contributed by atoms with Gasteiger partial charge in [-0.15, -0.1) is 0 Å². The van der Waals surface area contributed by atoms with Crippen LogP contribution in [-0.2, 0) is 9.59 Å². The van der Waals surface area contributed by atoms with E-state index in [1.54, 1.807) is 12.1 Å². The molecule has 4 nitrogen and oxygen atoms in total. The Morgan fingerprint density at radius 2 is 1.80 bits per heavy atom. The molecule has 0 N–H and O–H groups in total. The van der Waals surface area contributed by atoms with Gasteiger partial charge in [0.2, 0.25) is 12.2 Å². The van der Waals surface area contributed by atoms with Crippen LogP contribution in [0.15, 0.2) is 28.2 Å². The zero-order valence-corrected chi connectivity index (χ0v) is 10.4. The molecule has 0 aromatic heterocycles. The summed E-state index contributed by atoms with van der Waals surface area (Å²) in [7, 11) is 0. The van der Waals surface area contributed by atoms with Crippen molar-refractivity contribution < 1.29 is 9.59 Å². The topological polar surface area (TPSA) is 58.9 Å². The molecule has 0 unspecified atom stereocenters. The van der Waals surface area contributed by atoms with Crippen LogP contribution in [0.5, 0.6) is 0 Å². The highest BCUT2D eigenvalue weighted by atomic mass is 79.9. The van der Waals surface area contributed by atoms with Gasteiger partial charge in [0.25, 0.3) is 0 Å². The Bertz CT molecular complexity index is 461. The van der Waals surface area contributed by atoms with Crippen LogP contribution in [0.25, 0.3) is 0 Å². The van der Waals surface area contributed by atoms with Crippen molar-refractivity contribution in [2.45, 2.75) is 3.74 Å². The zero-order chi connectivity index (χ0) is 11.3. The number of alkyl halides is 2. The molecule has 1 aromatic carbocycles. The van der Waals surface area contributed by atoms with Crippen LogP contribution in [0.1, 0.15) is 9.30 Å². The summed E-state index contributed by atoms with van der Waals surface area (Å²) in [6.45, 7) is 0. The zero-order valence-electron chi connectivity index (χ0n) is 7.28. The van der Waals surface area contributed by atoms with Crippen molar-refractivity contribution in [3.8, 4) is 0 Å². The number of rotatable bonds is 3. The minimum absolute atomic E-state index is 0.133. The second-order valence-electron chi connectivity index (χ2n) is 2.45. The standard InChI is InChI=1S/C9H4Br2N2O2/c10-9(11)7-2-1-6(12-4-14)3-8(7)13-5-15/h1-3,9H. The summed E-state index contributed by atoms with van der Waals surface area (Å²) >= 11 is 6.57. The number of carbonyl (C=O) groups excluding carboxylic acids is 2. The molecule has 0 radical (unpaired) electrons.